The Kier molecular flexibility index (Phi) is 4.15. The van der Waals surface area contributed by atoms with Gasteiger partial charge in [-0.1, -0.05) is 12.1 Å². The van der Waals surface area contributed by atoms with Crippen molar-refractivity contribution in [3.8, 4) is 0 Å². The Hall–Kier alpha value is -3.01. The van der Waals surface area contributed by atoms with E-state index in [4.69, 9.17) is 0 Å². The molecule has 1 fully saturated rings. The summed E-state index contributed by atoms with van der Waals surface area (Å²) in [4.78, 5) is 22.8. The lowest BCUT2D eigenvalue weighted by atomic mass is 9.92. The van der Waals surface area contributed by atoms with Crippen molar-refractivity contribution in [3.05, 3.63) is 59.7 Å². The number of urea groups is 1. The van der Waals surface area contributed by atoms with Gasteiger partial charge in [-0.05, 0) is 42.8 Å². The van der Waals surface area contributed by atoms with E-state index in [1.165, 1.54) is 31.2 Å². The van der Waals surface area contributed by atoms with Crippen molar-refractivity contribution in [2.24, 2.45) is 0 Å². The van der Waals surface area contributed by atoms with Crippen LogP contribution in [0.15, 0.2) is 47.4 Å². The van der Waals surface area contributed by atoms with Crippen LogP contribution in [0.4, 0.5) is 19.3 Å². The molecule has 0 unspecified atom stereocenters. The highest BCUT2D eigenvalue weighted by atomic mass is 32.2. The molecule has 2 aromatic carbocycles. The minimum Gasteiger partial charge on any atom is -0.320 e. The summed E-state index contributed by atoms with van der Waals surface area (Å²) in [6.45, 7) is 1.51. The molecule has 10 heteroatoms. The second-order valence-corrected chi connectivity index (χ2v) is 7.47. The normalized spacial score (nSPS) is 19.8. The van der Waals surface area contributed by atoms with Gasteiger partial charge in [-0.3, -0.25) is 14.8 Å². The van der Waals surface area contributed by atoms with Gasteiger partial charge in [-0.25, -0.2) is 22.0 Å². The van der Waals surface area contributed by atoms with Crippen molar-refractivity contribution in [1.29, 1.82) is 0 Å². The van der Waals surface area contributed by atoms with Crippen LogP contribution in [0.1, 0.15) is 12.5 Å². The largest absolute Gasteiger partial charge is 0.322 e. The van der Waals surface area contributed by atoms with Crippen LogP contribution in [0.3, 0.4) is 0 Å². The maximum Gasteiger partial charge on any atom is 0.322 e. The zero-order chi connectivity index (χ0) is 19.1. The van der Waals surface area contributed by atoms with Crippen LogP contribution in [-0.2, 0) is 20.4 Å². The summed E-state index contributed by atoms with van der Waals surface area (Å²) in [5.41, 5.74) is -0.683. The predicted molar refractivity (Wildman–Crippen MR) is 87.6 cm³/mol. The fraction of sp³-hybridized carbons (Fsp3) is 0.125. The minimum atomic E-state index is -4.12. The third-order valence-corrected chi connectivity index (χ3v) is 5.34. The molecule has 1 saturated heterocycles. The standard InChI is InChI=1S/C16H13F2N3O4S/c1-16(14(22)19-15(23)20-16)9-2-4-10(5-3-9)21-26(24,25)11-6-7-12(17)13(18)8-11/h2-8,21H,1H3,(H2,19,20,22,23)/t16-/m1/s1. The van der Waals surface area contributed by atoms with Gasteiger partial charge in [-0.15, -0.1) is 0 Å². The molecule has 0 aliphatic carbocycles. The smallest absolute Gasteiger partial charge is 0.320 e. The highest BCUT2D eigenvalue weighted by Gasteiger charge is 2.43. The summed E-state index contributed by atoms with van der Waals surface area (Å²) in [7, 11) is -4.12. The molecule has 0 saturated carbocycles. The molecule has 1 atom stereocenters. The summed E-state index contributed by atoms with van der Waals surface area (Å²) < 4.78 is 52.9. The number of sulfonamides is 1. The Labute approximate surface area is 147 Å². The van der Waals surface area contributed by atoms with Gasteiger partial charge in [-0.2, -0.15) is 0 Å². The Bertz CT molecular complexity index is 1010. The van der Waals surface area contributed by atoms with Gasteiger partial charge >= 0.3 is 6.03 Å². The monoisotopic (exact) mass is 381 g/mol. The molecule has 3 N–H and O–H groups in total. The van der Waals surface area contributed by atoms with Crippen molar-refractivity contribution in [3.63, 3.8) is 0 Å². The number of rotatable bonds is 4. The highest BCUT2D eigenvalue weighted by Crippen LogP contribution is 2.26. The van der Waals surface area contributed by atoms with E-state index in [1.807, 2.05) is 0 Å². The number of carbonyl (C=O) groups is 2. The first-order chi connectivity index (χ1) is 12.1. The Morgan fingerprint density at radius 1 is 1.00 bits per heavy atom. The van der Waals surface area contributed by atoms with Crippen molar-refractivity contribution < 1.29 is 26.8 Å². The van der Waals surface area contributed by atoms with E-state index in [1.54, 1.807) is 0 Å². The number of benzene rings is 2. The van der Waals surface area contributed by atoms with E-state index in [9.17, 15) is 26.8 Å². The number of hydrogen-bond acceptors (Lipinski definition) is 4. The van der Waals surface area contributed by atoms with E-state index in [-0.39, 0.29) is 5.69 Å². The molecule has 3 rings (SSSR count). The van der Waals surface area contributed by atoms with E-state index in [2.05, 4.69) is 15.4 Å². The number of hydrogen-bond donors (Lipinski definition) is 3. The first-order valence-electron chi connectivity index (χ1n) is 7.34. The number of nitrogens with one attached hydrogen (secondary N) is 3. The lowest BCUT2D eigenvalue weighted by molar-refractivity contribution is -0.123. The lowest BCUT2D eigenvalue weighted by Gasteiger charge is -2.21. The van der Waals surface area contributed by atoms with Crippen LogP contribution >= 0.6 is 0 Å². The van der Waals surface area contributed by atoms with Gasteiger partial charge in [0.1, 0.15) is 5.54 Å². The molecule has 26 heavy (non-hydrogen) atoms. The van der Waals surface area contributed by atoms with Gasteiger partial charge in [0.25, 0.3) is 15.9 Å². The molecular formula is C16H13F2N3O4S. The van der Waals surface area contributed by atoms with Crippen LogP contribution in [0, 0.1) is 11.6 Å². The number of imide groups is 1. The summed E-state index contributed by atoms with van der Waals surface area (Å²) in [5.74, 6) is -2.96. The maximum atomic E-state index is 13.2. The SMILES string of the molecule is C[C@]1(c2ccc(NS(=O)(=O)c3ccc(F)c(F)c3)cc2)NC(=O)NC1=O. The molecule has 136 valence electrons. The molecule has 7 nitrogen and oxygen atoms in total. The number of anilines is 1. The molecular weight excluding hydrogens is 368 g/mol. The Morgan fingerprint density at radius 2 is 1.65 bits per heavy atom. The third-order valence-electron chi connectivity index (χ3n) is 3.96. The molecule has 1 aliphatic rings. The predicted octanol–water partition coefficient (Wildman–Crippen LogP) is 1.82. The fourth-order valence-electron chi connectivity index (χ4n) is 2.48. The average Bonchev–Trinajstić information content (AvgIpc) is 2.83. The summed E-state index contributed by atoms with van der Waals surface area (Å²) in [5, 5.41) is 4.61. The molecule has 0 bridgehead atoms. The van der Waals surface area contributed by atoms with E-state index >= 15 is 0 Å². The fourth-order valence-corrected chi connectivity index (χ4v) is 3.55. The van der Waals surface area contributed by atoms with Crippen molar-refractivity contribution in [2.75, 3.05) is 4.72 Å². The van der Waals surface area contributed by atoms with Crippen LogP contribution in [0.2, 0.25) is 0 Å². The van der Waals surface area contributed by atoms with Gasteiger partial charge in [0.15, 0.2) is 11.6 Å². The highest BCUT2D eigenvalue weighted by molar-refractivity contribution is 7.92. The van der Waals surface area contributed by atoms with Gasteiger partial charge < -0.3 is 5.32 Å². The quantitative estimate of drug-likeness (QED) is 0.703. The number of carbonyl (C=O) groups excluding carboxylic acids is 2. The van der Waals surface area contributed by atoms with Crippen molar-refractivity contribution in [2.45, 2.75) is 17.4 Å². The topological polar surface area (TPSA) is 104 Å². The lowest BCUT2D eigenvalue weighted by Crippen LogP contribution is -2.40. The molecule has 0 radical (unpaired) electrons. The van der Waals surface area contributed by atoms with E-state index in [0.29, 0.717) is 11.6 Å². The molecule has 1 aliphatic heterocycles. The van der Waals surface area contributed by atoms with Gasteiger partial charge in [0.05, 0.1) is 4.90 Å². The minimum absolute atomic E-state index is 0.145. The average molecular weight is 381 g/mol. The van der Waals surface area contributed by atoms with Crippen LogP contribution in [0.5, 0.6) is 0 Å². The van der Waals surface area contributed by atoms with E-state index in [0.717, 1.165) is 12.1 Å². The molecule has 2 aromatic rings. The first kappa shape index (κ1) is 17.8. The molecule has 0 aromatic heterocycles. The van der Waals surface area contributed by atoms with Gasteiger partial charge in [0, 0.05) is 5.69 Å². The summed E-state index contributed by atoms with van der Waals surface area (Å²) >= 11 is 0. The van der Waals surface area contributed by atoms with Crippen LogP contribution in [0.25, 0.3) is 0 Å². The molecule has 0 spiro atoms. The van der Waals surface area contributed by atoms with E-state index < -0.39 is 44.0 Å². The third kappa shape index (κ3) is 3.10. The summed E-state index contributed by atoms with van der Waals surface area (Å²) in [6, 6.07) is 7.31. The van der Waals surface area contributed by atoms with Crippen LogP contribution < -0.4 is 15.4 Å². The number of amides is 3. The second-order valence-electron chi connectivity index (χ2n) is 5.79. The second kappa shape index (κ2) is 6.06. The van der Waals surface area contributed by atoms with Gasteiger partial charge in [0.2, 0.25) is 0 Å². The Balaban J connectivity index is 1.84. The molecule has 3 amide bonds. The van der Waals surface area contributed by atoms with Crippen LogP contribution in [-0.4, -0.2) is 20.4 Å². The molecule has 1 heterocycles. The Morgan fingerprint density at radius 3 is 2.19 bits per heavy atom. The maximum absolute atomic E-state index is 13.2. The van der Waals surface area contributed by atoms with Crippen molar-refractivity contribution in [1.82, 2.24) is 10.6 Å². The zero-order valence-electron chi connectivity index (χ0n) is 13.3. The number of halogens is 2. The first-order valence-corrected chi connectivity index (χ1v) is 8.82. The zero-order valence-corrected chi connectivity index (χ0v) is 14.2. The summed E-state index contributed by atoms with van der Waals surface area (Å²) in [6.07, 6.45) is 0. The van der Waals surface area contributed by atoms with Crippen molar-refractivity contribution >= 4 is 27.6 Å².